The van der Waals surface area contributed by atoms with Crippen LogP contribution in [0.25, 0.3) is 0 Å². The second kappa shape index (κ2) is 6.00. The van der Waals surface area contributed by atoms with Gasteiger partial charge in [-0.25, -0.2) is 9.78 Å². The quantitative estimate of drug-likeness (QED) is 0.634. The molecule has 1 unspecified atom stereocenters. The molecule has 0 saturated heterocycles. The maximum absolute atomic E-state index is 11.3. The molecule has 0 aromatic carbocycles. The first-order valence-corrected chi connectivity index (χ1v) is 5.13. The van der Waals surface area contributed by atoms with Crippen molar-refractivity contribution >= 4 is 6.03 Å². The second-order valence-electron chi connectivity index (χ2n) is 3.35. The Morgan fingerprint density at radius 2 is 2.47 bits per heavy atom. The number of carbonyl (C=O) groups excluding carboxylic acids is 1. The summed E-state index contributed by atoms with van der Waals surface area (Å²) in [7, 11) is 0. The first-order chi connectivity index (χ1) is 7.24. The molecule has 1 aromatic heterocycles. The first-order valence-electron chi connectivity index (χ1n) is 5.13. The van der Waals surface area contributed by atoms with Crippen molar-refractivity contribution in [2.45, 2.75) is 32.7 Å². The van der Waals surface area contributed by atoms with Crippen LogP contribution in [0.2, 0.25) is 0 Å². The van der Waals surface area contributed by atoms with Gasteiger partial charge in [-0.15, -0.1) is 0 Å². The van der Waals surface area contributed by atoms with Crippen molar-refractivity contribution in [1.82, 2.24) is 25.8 Å². The zero-order chi connectivity index (χ0) is 11.1. The number of aromatic amines is 1. The molecule has 0 aliphatic carbocycles. The third-order valence-electron chi connectivity index (χ3n) is 2.01. The Morgan fingerprint density at radius 3 is 3.07 bits per heavy atom. The van der Waals surface area contributed by atoms with Gasteiger partial charge in [-0.3, -0.25) is 5.10 Å². The molecule has 0 bridgehead atoms. The maximum atomic E-state index is 11.3. The normalized spacial score (nSPS) is 12.1. The van der Waals surface area contributed by atoms with Gasteiger partial charge < -0.3 is 10.6 Å². The van der Waals surface area contributed by atoms with Gasteiger partial charge in [0.05, 0.1) is 6.04 Å². The summed E-state index contributed by atoms with van der Waals surface area (Å²) in [5.41, 5.74) is 0. The van der Waals surface area contributed by atoms with E-state index in [-0.39, 0.29) is 12.1 Å². The molecule has 15 heavy (non-hydrogen) atoms. The average molecular weight is 211 g/mol. The lowest BCUT2D eigenvalue weighted by Gasteiger charge is -2.11. The number of carbonyl (C=O) groups is 1. The van der Waals surface area contributed by atoms with Crippen molar-refractivity contribution in [3.63, 3.8) is 0 Å². The van der Waals surface area contributed by atoms with Gasteiger partial charge in [-0.05, 0) is 13.3 Å². The summed E-state index contributed by atoms with van der Waals surface area (Å²) in [6, 6.07) is -0.332. The number of H-pyrrole nitrogens is 1. The third-order valence-corrected chi connectivity index (χ3v) is 2.01. The van der Waals surface area contributed by atoms with Crippen LogP contribution in [0.5, 0.6) is 0 Å². The summed E-state index contributed by atoms with van der Waals surface area (Å²) in [6.07, 6.45) is 3.48. The minimum Gasteiger partial charge on any atom is -0.338 e. The highest BCUT2D eigenvalue weighted by Gasteiger charge is 2.10. The van der Waals surface area contributed by atoms with E-state index < -0.39 is 0 Å². The summed E-state index contributed by atoms with van der Waals surface area (Å²) in [5.74, 6) is 0.653. The topological polar surface area (TPSA) is 82.7 Å². The average Bonchev–Trinajstić information content (AvgIpc) is 2.70. The van der Waals surface area contributed by atoms with Crippen LogP contribution in [-0.2, 0) is 0 Å². The highest BCUT2D eigenvalue weighted by atomic mass is 16.2. The Labute approximate surface area is 88.9 Å². The lowest BCUT2D eigenvalue weighted by molar-refractivity contribution is 0.237. The molecular weight excluding hydrogens is 194 g/mol. The summed E-state index contributed by atoms with van der Waals surface area (Å²) >= 11 is 0. The minimum atomic E-state index is -0.174. The molecule has 0 saturated carbocycles. The molecule has 3 N–H and O–H groups in total. The van der Waals surface area contributed by atoms with E-state index >= 15 is 0 Å². The van der Waals surface area contributed by atoms with Gasteiger partial charge in [0.25, 0.3) is 0 Å². The number of aromatic nitrogens is 3. The summed E-state index contributed by atoms with van der Waals surface area (Å²) in [6.45, 7) is 4.63. The van der Waals surface area contributed by atoms with E-state index in [0.29, 0.717) is 12.4 Å². The summed E-state index contributed by atoms with van der Waals surface area (Å²) < 4.78 is 0. The van der Waals surface area contributed by atoms with Crippen molar-refractivity contribution < 1.29 is 4.79 Å². The first kappa shape index (κ1) is 11.5. The highest BCUT2D eigenvalue weighted by Crippen LogP contribution is 2.02. The summed E-state index contributed by atoms with van der Waals surface area (Å²) in [5, 5.41) is 11.9. The molecule has 6 heteroatoms. The van der Waals surface area contributed by atoms with Crippen LogP contribution >= 0.6 is 0 Å². The van der Waals surface area contributed by atoms with E-state index in [4.69, 9.17) is 0 Å². The number of rotatable bonds is 5. The predicted octanol–water partition coefficient (Wildman–Crippen LogP) is 0.965. The lowest BCUT2D eigenvalue weighted by Crippen LogP contribution is -2.37. The van der Waals surface area contributed by atoms with Crippen molar-refractivity contribution in [2.75, 3.05) is 6.54 Å². The zero-order valence-electron chi connectivity index (χ0n) is 9.08. The molecule has 1 rings (SSSR count). The van der Waals surface area contributed by atoms with Gasteiger partial charge in [0, 0.05) is 6.54 Å². The number of nitrogens with one attached hydrogen (secondary N) is 3. The van der Waals surface area contributed by atoms with Crippen molar-refractivity contribution in [3.8, 4) is 0 Å². The molecule has 0 aliphatic rings. The van der Waals surface area contributed by atoms with E-state index in [1.165, 1.54) is 6.33 Å². The van der Waals surface area contributed by atoms with Crippen molar-refractivity contribution in [2.24, 2.45) is 0 Å². The monoisotopic (exact) mass is 211 g/mol. The van der Waals surface area contributed by atoms with Crippen LogP contribution in [0.4, 0.5) is 4.79 Å². The smallest absolute Gasteiger partial charge is 0.315 e. The number of hydrogen-bond acceptors (Lipinski definition) is 3. The summed E-state index contributed by atoms with van der Waals surface area (Å²) in [4.78, 5) is 15.3. The number of amides is 2. The number of hydrogen-bond donors (Lipinski definition) is 3. The van der Waals surface area contributed by atoms with Gasteiger partial charge in [0.15, 0.2) is 0 Å². The number of urea groups is 1. The van der Waals surface area contributed by atoms with E-state index in [9.17, 15) is 4.79 Å². The molecule has 0 spiro atoms. The highest BCUT2D eigenvalue weighted by molar-refractivity contribution is 5.74. The third kappa shape index (κ3) is 3.97. The maximum Gasteiger partial charge on any atom is 0.315 e. The SMILES string of the molecule is CCCCNC(=O)NC(C)c1ncn[nH]1. The Morgan fingerprint density at radius 1 is 1.67 bits per heavy atom. The molecule has 6 nitrogen and oxygen atoms in total. The standard InChI is InChI=1S/C9H17N5O/c1-3-4-5-10-9(15)13-7(2)8-11-6-12-14-8/h6-7H,3-5H2,1-2H3,(H2,10,13,15)(H,11,12,14). The lowest BCUT2D eigenvalue weighted by atomic mass is 10.3. The van der Waals surface area contributed by atoms with E-state index in [2.05, 4.69) is 32.7 Å². The Hall–Kier alpha value is -1.59. The van der Waals surface area contributed by atoms with Crippen LogP contribution in [0.1, 0.15) is 38.6 Å². The van der Waals surface area contributed by atoms with E-state index in [0.717, 1.165) is 12.8 Å². The molecule has 84 valence electrons. The van der Waals surface area contributed by atoms with Crippen molar-refractivity contribution in [3.05, 3.63) is 12.2 Å². The Balaban J connectivity index is 2.26. The van der Waals surface area contributed by atoms with Gasteiger partial charge >= 0.3 is 6.03 Å². The number of unbranched alkanes of at least 4 members (excludes halogenated alkanes) is 1. The van der Waals surface area contributed by atoms with Gasteiger partial charge in [-0.2, -0.15) is 5.10 Å². The second-order valence-corrected chi connectivity index (χ2v) is 3.35. The van der Waals surface area contributed by atoms with E-state index in [1.807, 2.05) is 6.92 Å². The van der Waals surface area contributed by atoms with Crippen molar-refractivity contribution in [1.29, 1.82) is 0 Å². The van der Waals surface area contributed by atoms with Crippen LogP contribution in [-0.4, -0.2) is 27.8 Å². The number of nitrogens with zero attached hydrogens (tertiary/aromatic N) is 2. The largest absolute Gasteiger partial charge is 0.338 e. The molecule has 1 atom stereocenters. The fraction of sp³-hybridized carbons (Fsp3) is 0.667. The minimum absolute atomic E-state index is 0.158. The molecule has 0 fully saturated rings. The zero-order valence-corrected chi connectivity index (χ0v) is 9.08. The molecular formula is C9H17N5O. The van der Waals surface area contributed by atoms with Gasteiger partial charge in [-0.1, -0.05) is 13.3 Å². The van der Waals surface area contributed by atoms with E-state index in [1.54, 1.807) is 0 Å². The molecule has 0 radical (unpaired) electrons. The molecule has 2 amide bonds. The van der Waals surface area contributed by atoms with Crippen LogP contribution < -0.4 is 10.6 Å². The van der Waals surface area contributed by atoms with Gasteiger partial charge in [0.2, 0.25) is 0 Å². The molecule has 0 aliphatic heterocycles. The predicted molar refractivity (Wildman–Crippen MR) is 56.2 cm³/mol. The Bertz CT molecular complexity index is 285. The van der Waals surface area contributed by atoms with Crippen LogP contribution in [0, 0.1) is 0 Å². The fourth-order valence-corrected chi connectivity index (χ4v) is 1.12. The van der Waals surface area contributed by atoms with Crippen LogP contribution in [0.3, 0.4) is 0 Å². The van der Waals surface area contributed by atoms with Crippen LogP contribution in [0.15, 0.2) is 6.33 Å². The Kier molecular flexibility index (Phi) is 4.59. The fourth-order valence-electron chi connectivity index (χ4n) is 1.12. The molecule has 1 aromatic rings. The molecule has 1 heterocycles. The van der Waals surface area contributed by atoms with Gasteiger partial charge in [0.1, 0.15) is 12.2 Å².